The minimum Gasteiger partial charge on any atom is -0.468 e. The van der Waals surface area contributed by atoms with Crippen molar-refractivity contribution in [2.45, 2.75) is 51.5 Å². The number of hydrogen-bond acceptors (Lipinski definition) is 4. The Morgan fingerprint density at radius 1 is 1.42 bits per heavy atom. The first-order chi connectivity index (χ1) is 9.05. The number of methoxy groups -OCH3 is 1. The Kier molecular flexibility index (Phi) is 6.80. The van der Waals surface area contributed by atoms with E-state index in [-0.39, 0.29) is 5.97 Å². The van der Waals surface area contributed by atoms with Crippen molar-refractivity contribution in [3.8, 4) is 0 Å². The third-order valence-corrected chi connectivity index (χ3v) is 4.25. The molecule has 0 radical (unpaired) electrons. The fourth-order valence-corrected chi connectivity index (χ4v) is 2.41. The standard InChI is InChI=1S/C15H30N2O2/c1-5-17(12-13-8-9-13)11-7-6-10-15(2,16-3)14(18)19-4/h13,16H,5-12H2,1-4H3. The van der Waals surface area contributed by atoms with Crippen molar-refractivity contribution in [2.75, 3.05) is 33.8 Å². The number of nitrogens with zero attached hydrogens (tertiary/aromatic N) is 1. The largest absolute Gasteiger partial charge is 0.468 e. The van der Waals surface area contributed by atoms with Gasteiger partial charge in [-0.1, -0.05) is 6.92 Å². The van der Waals surface area contributed by atoms with E-state index >= 15 is 0 Å². The molecule has 19 heavy (non-hydrogen) atoms. The predicted molar refractivity (Wildman–Crippen MR) is 78.2 cm³/mol. The molecule has 112 valence electrons. The number of hydrogen-bond donors (Lipinski definition) is 1. The highest BCUT2D eigenvalue weighted by Crippen LogP contribution is 2.29. The van der Waals surface area contributed by atoms with Gasteiger partial charge in [0.05, 0.1) is 7.11 Å². The van der Waals surface area contributed by atoms with Crippen LogP contribution in [0.1, 0.15) is 46.0 Å². The Hall–Kier alpha value is -0.610. The van der Waals surface area contributed by atoms with Gasteiger partial charge in [-0.05, 0) is 65.1 Å². The Bertz CT molecular complexity index is 279. The van der Waals surface area contributed by atoms with Gasteiger partial charge in [-0.25, -0.2) is 0 Å². The summed E-state index contributed by atoms with van der Waals surface area (Å²) in [6, 6.07) is 0. The molecule has 0 amide bonds. The normalized spacial score (nSPS) is 18.4. The number of nitrogens with one attached hydrogen (secondary N) is 1. The first kappa shape index (κ1) is 16.4. The highest BCUT2D eigenvalue weighted by atomic mass is 16.5. The minimum absolute atomic E-state index is 0.166. The number of rotatable bonds is 10. The molecule has 1 fully saturated rings. The van der Waals surface area contributed by atoms with Gasteiger partial charge in [-0.3, -0.25) is 4.79 Å². The molecule has 1 aliphatic carbocycles. The third-order valence-electron chi connectivity index (χ3n) is 4.25. The van der Waals surface area contributed by atoms with Crippen LogP contribution in [-0.4, -0.2) is 50.2 Å². The van der Waals surface area contributed by atoms with Gasteiger partial charge < -0.3 is 15.0 Å². The van der Waals surface area contributed by atoms with Gasteiger partial charge in [0.25, 0.3) is 0 Å². The van der Waals surface area contributed by atoms with Crippen LogP contribution in [0.4, 0.5) is 0 Å². The summed E-state index contributed by atoms with van der Waals surface area (Å²) in [6.07, 6.45) is 5.85. The average Bonchev–Trinajstić information content (AvgIpc) is 3.24. The molecular weight excluding hydrogens is 240 g/mol. The van der Waals surface area contributed by atoms with E-state index < -0.39 is 5.54 Å². The van der Waals surface area contributed by atoms with E-state index in [9.17, 15) is 4.79 Å². The van der Waals surface area contributed by atoms with Crippen LogP contribution in [0.5, 0.6) is 0 Å². The second-order valence-electron chi connectivity index (χ2n) is 5.87. The minimum atomic E-state index is -0.539. The third kappa shape index (κ3) is 5.49. The van der Waals surface area contributed by atoms with Gasteiger partial charge in [-0.2, -0.15) is 0 Å². The average molecular weight is 270 g/mol. The monoisotopic (exact) mass is 270 g/mol. The highest BCUT2D eigenvalue weighted by Gasteiger charge is 2.31. The molecule has 1 saturated carbocycles. The van der Waals surface area contributed by atoms with Crippen LogP contribution in [0.2, 0.25) is 0 Å². The zero-order chi connectivity index (χ0) is 14.3. The van der Waals surface area contributed by atoms with E-state index in [1.165, 1.54) is 26.5 Å². The van der Waals surface area contributed by atoms with E-state index in [0.717, 1.165) is 38.3 Å². The lowest BCUT2D eigenvalue weighted by molar-refractivity contribution is -0.148. The smallest absolute Gasteiger partial charge is 0.325 e. The number of carbonyl (C=O) groups excluding carboxylic acids is 1. The first-order valence-corrected chi connectivity index (χ1v) is 7.55. The van der Waals surface area contributed by atoms with Gasteiger partial charge in [0.2, 0.25) is 0 Å². The van der Waals surface area contributed by atoms with E-state index in [2.05, 4.69) is 17.1 Å². The van der Waals surface area contributed by atoms with E-state index in [0.29, 0.717) is 0 Å². The van der Waals surface area contributed by atoms with Crippen molar-refractivity contribution < 1.29 is 9.53 Å². The van der Waals surface area contributed by atoms with Gasteiger partial charge >= 0.3 is 5.97 Å². The molecule has 0 heterocycles. The van der Waals surface area contributed by atoms with Crippen molar-refractivity contribution >= 4 is 5.97 Å². The molecule has 1 unspecified atom stereocenters. The maximum absolute atomic E-state index is 11.7. The predicted octanol–water partition coefficient (Wildman–Crippen LogP) is 2.04. The van der Waals surface area contributed by atoms with Crippen molar-refractivity contribution in [1.82, 2.24) is 10.2 Å². The van der Waals surface area contributed by atoms with Crippen LogP contribution in [0.3, 0.4) is 0 Å². The van der Waals surface area contributed by atoms with Crippen molar-refractivity contribution in [3.05, 3.63) is 0 Å². The second-order valence-corrected chi connectivity index (χ2v) is 5.87. The Morgan fingerprint density at radius 2 is 2.11 bits per heavy atom. The fraction of sp³-hybridized carbons (Fsp3) is 0.933. The molecule has 0 aliphatic heterocycles. The van der Waals surface area contributed by atoms with E-state index in [1.54, 1.807) is 0 Å². The molecular formula is C15H30N2O2. The van der Waals surface area contributed by atoms with Crippen molar-refractivity contribution in [2.24, 2.45) is 5.92 Å². The number of carbonyl (C=O) groups is 1. The molecule has 4 heteroatoms. The summed E-state index contributed by atoms with van der Waals surface area (Å²) >= 11 is 0. The summed E-state index contributed by atoms with van der Waals surface area (Å²) in [6.45, 7) is 7.69. The molecule has 0 aromatic rings. The molecule has 1 aliphatic rings. The Morgan fingerprint density at radius 3 is 2.58 bits per heavy atom. The number of likely N-dealkylation sites (N-methyl/N-ethyl adjacent to an activating group) is 1. The number of esters is 1. The lowest BCUT2D eigenvalue weighted by atomic mass is 9.95. The maximum atomic E-state index is 11.7. The van der Waals surface area contributed by atoms with E-state index in [4.69, 9.17) is 4.74 Å². The van der Waals surface area contributed by atoms with E-state index in [1.807, 2.05) is 14.0 Å². The number of unbranched alkanes of at least 4 members (excludes halogenated alkanes) is 1. The molecule has 1 rings (SSSR count). The van der Waals surface area contributed by atoms with Crippen molar-refractivity contribution in [3.63, 3.8) is 0 Å². The summed E-state index contributed by atoms with van der Waals surface area (Å²) in [4.78, 5) is 14.2. The van der Waals surface area contributed by atoms with Gasteiger partial charge in [0.1, 0.15) is 5.54 Å². The SMILES string of the molecule is CCN(CCCCC(C)(NC)C(=O)OC)CC1CC1. The molecule has 1 N–H and O–H groups in total. The number of ether oxygens (including phenoxy) is 1. The molecule has 1 atom stereocenters. The van der Waals surface area contributed by atoms with Crippen LogP contribution >= 0.6 is 0 Å². The molecule has 0 bridgehead atoms. The molecule has 0 aromatic carbocycles. The maximum Gasteiger partial charge on any atom is 0.325 e. The Balaban J connectivity index is 2.21. The molecule has 0 spiro atoms. The topological polar surface area (TPSA) is 41.6 Å². The van der Waals surface area contributed by atoms with Gasteiger partial charge in [0, 0.05) is 6.54 Å². The zero-order valence-electron chi connectivity index (χ0n) is 13.0. The summed E-state index contributed by atoms with van der Waals surface area (Å²) in [5.41, 5.74) is -0.539. The molecule has 0 saturated heterocycles. The van der Waals surface area contributed by atoms with Gasteiger partial charge in [-0.15, -0.1) is 0 Å². The zero-order valence-corrected chi connectivity index (χ0v) is 13.0. The highest BCUT2D eigenvalue weighted by molar-refractivity contribution is 5.80. The summed E-state index contributed by atoms with van der Waals surface area (Å²) in [5.74, 6) is 0.790. The molecule has 0 aromatic heterocycles. The van der Waals surface area contributed by atoms with Crippen molar-refractivity contribution in [1.29, 1.82) is 0 Å². The summed E-state index contributed by atoms with van der Waals surface area (Å²) in [7, 11) is 3.27. The van der Waals surface area contributed by atoms with Crippen LogP contribution < -0.4 is 5.32 Å². The first-order valence-electron chi connectivity index (χ1n) is 7.55. The van der Waals surface area contributed by atoms with Crippen LogP contribution in [-0.2, 0) is 9.53 Å². The summed E-state index contributed by atoms with van der Waals surface area (Å²) < 4.78 is 4.85. The molecule has 4 nitrogen and oxygen atoms in total. The quantitative estimate of drug-likeness (QED) is 0.487. The fourth-order valence-electron chi connectivity index (χ4n) is 2.41. The van der Waals surface area contributed by atoms with Crippen LogP contribution in [0.25, 0.3) is 0 Å². The van der Waals surface area contributed by atoms with Gasteiger partial charge in [0.15, 0.2) is 0 Å². The lowest BCUT2D eigenvalue weighted by Gasteiger charge is -2.26. The van der Waals surface area contributed by atoms with Crippen LogP contribution in [0.15, 0.2) is 0 Å². The second kappa shape index (κ2) is 7.85. The lowest BCUT2D eigenvalue weighted by Crippen LogP contribution is -2.48. The van der Waals surface area contributed by atoms with Crippen LogP contribution in [0, 0.1) is 5.92 Å². The Labute approximate surface area is 117 Å². The summed E-state index contributed by atoms with van der Waals surface area (Å²) in [5, 5.41) is 3.09.